The summed E-state index contributed by atoms with van der Waals surface area (Å²) < 4.78 is 5.58. The fourth-order valence-corrected chi connectivity index (χ4v) is 3.02. The van der Waals surface area contributed by atoms with Gasteiger partial charge in [0, 0.05) is 37.6 Å². The average Bonchev–Trinajstić information content (AvgIpc) is 2.45. The van der Waals surface area contributed by atoms with Crippen molar-refractivity contribution in [3.8, 4) is 0 Å². The van der Waals surface area contributed by atoms with E-state index in [0.29, 0.717) is 30.9 Å². The van der Waals surface area contributed by atoms with Crippen LogP contribution in [0.3, 0.4) is 0 Å². The summed E-state index contributed by atoms with van der Waals surface area (Å²) in [6, 6.07) is 3.34. The number of amides is 1. The molecule has 7 nitrogen and oxygen atoms in total. The number of carboxylic acids is 1. The zero-order valence-electron chi connectivity index (χ0n) is 14.6. The molecule has 2 N–H and O–H groups in total. The first kappa shape index (κ1) is 18.4. The number of hydrogen-bond acceptors (Lipinski definition) is 5. The molecule has 132 valence electrons. The van der Waals surface area contributed by atoms with E-state index in [1.807, 2.05) is 25.7 Å². The van der Waals surface area contributed by atoms with Crippen LogP contribution in [0.15, 0.2) is 18.3 Å². The number of morpholine rings is 1. The van der Waals surface area contributed by atoms with Crippen molar-refractivity contribution in [3.63, 3.8) is 0 Å². The Morgan fingerprint density at radius 2 is 2.25 bits per heavy atom. The van der Waals surface area contributed by atoms with Crippen molar-refractivity contribution in [1.82, 2.24) is 15.2 Å². The fourth-order valence-electron chi connectivity index (χ4n) is 3.02. The lowest BCUT2D eigenvalue weighted by Crippen LogP contribution is -2.57. The number of carbonyl (C=O) groups excluding carboxylic acids is 1. The number of aryl methyl sites for hydroxylation is 1. The third kappa shape index (κ3) is 4.75. The van der Waals surface area contributed by atoms with Crippen LogP contribution in [0, 0.1) is 6.92 Å². The van der Waals surface area contributed by atoms with E-state index in [1.54, 1.807) is 25.3 Å². The van der Waals surface area contributed by atoms with Gasteiger partial charge in [-0.3, -0.25) is 14.7 Å². The lowest BCUT2D eigenvalue weighted by molar-refractivity contribution is -0.178. The first-order chi connectivity index (χ1) is 11.2. The van der Waals surface area contributed by atoms with Gasteiger partial charge in [0.2, 0.25) is 0 Å². The van der Waals surface area contributed by atoms with E-state index >= 15 is 0 Å². The summed E-state index contributed by atoms with van der Waals surface area (Å²) in [4.78, 5) is 29.7. The normalized spacial score (nSPS) is 21.9. The Morgan fingerprint density at radius 3 is 2.88 bits per heavy atom. The number of aromatic nitrogens is 1. The topological polar surface area (TPSA) is 91.8 Å². The molecule has 2 unspecified atom stereocenters. The SMILES string of the molecule is Cc1ncccc1C(=O)NC(C)CN1CC(C(=O)O)OC(C)(C)C1. The molecule has 2 heterocycles. The Balaban J connectivity index is 1.96. The number of hydrogen-bond donors (Lipinski definition) is 2. The first-order valence-corrected chi connectivity index (χ1v) is 8.03. The molecule has 2 atom stereocenters. The molecule has 0 bridgehead atoms. The first-order valence-electron chi connectivity index (χ1n) is 8.03. The number of carboxylic acid groups (broad SMARTS) is 1. The summed E-state index contributed by atoms with van der Waals surface area (Å²) >= 11 is 0. The molecule has 1 aliphatic heterocycles. The average molecular weight is 335 g/mol. The van der Waals surface area contributed by atoms with Gasteiger partial charge in [0.1, 0.15) is 0 Å². The van der Waals surface area contributed by atoms with Crippen LogP contribution in [0.1, 0.15) is 36.8 Å². The second kappa shape index (κ2) is 7.27. The molecule has 7 heteroatoms. The smallest absolute Gasteiger partial charge is 0.334 e. The third-order valence-corrected chi connectivity index (χ3v) is 3.93. The molecule has 1 aliphatic rings. The fraction of sp³-hybridized carbons (Fsp3) is 0.588. The highest BCUT2D eigenvalue weighted by atomic mass is 16.5. The van der Waals surface area contributed by atoms with E-state index < -0.39 is 17.7 Å². The highest BCUT2D eigenvalue weighted by molar-refractivity contribution is 5.95. The van der Waals surface area contributed by atoms with Crippen LogP contribution in [0.25, 0.3) is 0 Å². The maximum absolute atomic E-state index is 12.3. The van der Waals surface area contributed by atoms with Crippen LogP contribution < -0.4 is 5.32 Å². The van der Waals surface area contributed by atoms with E-state index in [9.17, 15) is 14.7 Å². The van der Waals surface area contributed by atoms with Crippen LogP contribution in [-0.2, 0) is 9.53 Å². The van der Waals surface area contributed by atoms with Gasteiger partial charge in [-0.15, -0.1) is 0 Å². The largest absolute Gasteiger partial charge is 0.479 e. The Bertz CT molecular complexity index is 618. The molecular weight excluding hydrogens is 310 g/mol. The number of nitrogens with zero attached hydrogens (tertiary/aromatic N) is 2. The van der Waals surface area contributed by atoms with E-state index in [0.717, 1.165) is 0 Å². The highest BCUT2D eigenvalue weighted by Crippen LogP contribution is 2.21. The van der Waals surface area contributed by atoms with Gasteiger partial charge in [-0.1, -0.05) is 0 Å². The predicted molar refractivity (Wildman–Crippen MR) is 88.9 cm³/mol. The molecular formula is C17H25N3O4. The van der Waals surface area contributed by atoms with Crippen molar-refractivity contribution in [2.75, 3.05) is 19.6 Å². The van der Waals surface area contributed by atoms with Crippen molar-refractivity contribution in [2.45, 2.75) is 45.4 Å². The maximum Gasteiger partial charge on any atom is 0.334 e. The van der Waals surface area contributed by atoms with Crippen LogP contribution >= 0.6 is 0 Å². The zero-order valence-corrected chi connectivity index (χ0v) is 14.6. The number of pyridine rings is 1. The number of rotatable bonds is 5. The zero-order chi connectivity index (χ0) is 17.9. The molecule has 0 spiro atoms. The summed E-state index contributed by atoms with van der Waals surface area (Å²) in [6.45, 7) is 8.92. The number of aliphatic carboxylic acids is 1. The quantitative estimate of drug-likeness (QED) is 0.836. The van der Waals surface area contributed by atoms with Gasteiger partial charge >= 0.3 is 5.97 Å². The molecule has 1 amide bonds. The lowest BCUT2D eigenvalue weighted by atomic mass is 10.0. The third-order valence-electron chi connectivity index (χ3n) is 3.93. The molecule has 0 saturated carbocycles. The summed E-state index contributed by atoms with van der Waals surface area (Å²) in [5.74, 6) is -1.13. The summed E-state index contributed by atoms with van der Waals surface area (Å²) in [5.41, 5.74) is 0.695. The molecule has 0 aromatic carbocycles. The molecule has 1 aromatic heterocycles. The lowest BCUT2D eigenvalue weighted by Gasteiger charge is -2.42. The van der Waals surface area contributed by atoms with E-state index in [2.05, 4.69) is 10.3 Å². The Hall–Kier alpha value is -1.99. The standard InChI is InChI=1S/C17H25N3O4/c1-11(19-15(21)13-6-5-7-18-12(13)2)8-20-9-14(16(22)23)24-17(3,4)10-20/h5-7,11,14H,8-10H2,1-4H3,(H,19,21)(H,22,23). The highest BCUT2D eigenvalue weighted by Gasteiger charge is 2.37. The van der Waals surface area contributed by atoms with Gasteiger partial charge in [-0.25, -0.2) is 4.79 Å². The minimum absolute atomic E-state index is 0.125. The second-order valence-electron chi connectivity index (χ2n) is 6.91. The van der Waals surface area contributed by atoms with E-state index in [-0.39, 0.29) is 11.9 Å². The van der Waals surface area contributed by atoms with E-state index in [4.69, 9.17) is 4.74 Å². The second-order valence-corrected chi connectivity index (χ2v) is 6.91. The monoisotopic (exact) mass is 335 g/mol. The van der Waals surface area contributed by atoms with Gasteiger partial charge in [-0.05, 0) is 39.8 Å². The number of nitrogens with one attached hydrogen (secondary N) is 1. The minimum Gasteiger partial charge on any atom is -0.479 e. The molecule has 0 radical (unpaired) electrons. The summed E-state index contributed by atoms with van der Waals surface area (Å²) in [7, 11) is 0. The Kier molecular flexibility index (Phi) is 5.56. The molecule has 1 aromatic rings. The molecule has 24 heavy (non-hydrogen) atoms. The molecule has 0 aliphatic carbocycles. The molecule has 2 rings (SSSR count). The van der Waals surface area contributed by atoms with Crippen molar-refractivity contribution < 1.29 is 19.4 Å². The van der Waals surface area contributed by atoms with Gasteiger partial charge in [0.05, 0.1) is 11.2 Å². The van der Waals surface area contributed by atoms with Crippen LogP contribution in [0.2, 0.25) is 0 Å². The van der Waals surface area contributed by atoms with Crippen LogP contribution in [0.5, 0.6) is 0 Å². The molecule has 1 fully saturated rings. The van der Waals surface area contributed by atoms with Gasteiger partial charge < -0.3 is 15.2 Å². The summed E-state index contributed by atoms with van der Waals surface area (Å²) in [5, 5.41) is 12.2. The van der Waals surface area contributed by atoms with Crippen LogP contribution in [0.4, 0.5) is 0 Å². The van der Waals surface area contributed by atoms with Crippen LogP contribution in [-0.4, -0.2) is 64.2 Å². The van der Waals surface area contributed by atoms with Crippen molar-refractivity contribution in [3.05, 3.63) is 29.6 Å². The van der Waals surface area contributed by atoms with Gasteiger partial charge in [-0.2, -0.15) is 0 Å². The molecule has 1 saturated heterocycles. The van der Waals surface area contributed by atoms with E-state index in [1.165, 1.54) is 0 Å². The summed E-state index contributed by atoms with van der Waals surface area (Å²) in [6.07, 6.45) is 0.800. The van der Waals surface area contributed by atoms with Gasteiger partial charge in [0.15, 0.2) is 6.10 Å². The number of ether oxygens (including phenoxy) is 1. The minimum atomic E-state index is -0.963. The maximum atomic E-state index is 12.3. The Morgan fingerprint density at radius 1 is 1.54 bits per heavy atom. The van der Waals surface area contributed by atoms with Gasteiger partial charge in [0.25, 0.3) is 5.91 Å². The van der Waals surface area contributed by atoms with Crippen molar-refractivity contribution in [2.24, 2.45) is 0 Å². The number of carbonyl (C=O) groups is 2. The predicted octanol–water partition coefficient (Wildman–Crippen LogP) is 1.07. The van der Waals surface area contributed by atoms with Crippen molar-refractivity contribution in [1.29, 1.82) is 0 Å². The Labute approximate surface area is 142 Å². The van der Waals surface area contributed by atoms with Crippen molar-refractivity contribution >= 4 is 11.9 Å².